The molecule has 0 amide bonds. The minimum Gasteiger partial charge on any atom is -0.448 e. The zero-order valence-corrected chi connectivity index (χ0v) is 5.26. The fraction of sp³-hybridized carbons (Fsp3) is 0. The molecule has 0 aromatic heterocycles. The molecule has 0 saturated heterocycles. The number of carboxylic acid groups (broad SMARTS) is 1. The molecular formula is CH3CaNO3. The summed E-state index contributed by atoms with van der Waals surface area (Å²) >= 11 is 0. The molecule has 4 nitrogen and oxygen atoms in total. The fourth-order valence-electron chi connectivity index (χ4n) is 0. The number of rotatable bonds is 0. The molecule has 0 bridgehead atoms. The average molecular weight is 117 g/mol. The van der Waals surface area contributed by atoms with Crippen molar-refractivity contribution in [3.63, 3.8) is 0 Å². The van der Waals surface area contributed by atoms with Crippen molar-refractivity contribution in [2.45, 2.75) is 0 Å². The molecule has 0 spiro atoms. The molecule has 0 aliphatic carbocycles. The Labute approximate surface area is 64.2 Å². The minimum atomic E-state index is -1.47. The Balaban J connectivity index is 0. The van der Waals surface area contributed by atoms with Crippen LogP contribution in [0.3, 0.4) is 0 Å². The van der Waals surface area contributed by atoms with Gasteiger partial charge in [-0.25, -0.2) is 4.79 Å². The summed E-state index contributed by atoms with van der Waals surface area (Å²) in [7, 11) is 0. The van der Waals surface area contributed by atoms with Crippen LogP contribution in [0.15, 0.2) is 0 Å². The van der Waals surface area contributed by atoms with Crippen LogP contribution < -0.4 is 5.90 Å². The molecule has 0 unspecified atom stereocenters. The smallest absolute Gasteiger partial charge is 0.448 e. The summed E-state index contributed by atoms with van der Waals surface area (Å²) in [4.78, 5) is 12.2. The molecule has 0 heterocycles. The van der Waals surface area contributed by atoms with Gasteiger partial charge in [-0.2, -0.15) is 5.90 Å². The molecule has 0 saturated carbocycles. The van der Waals surface area contributed by atoms with E-state index in [0.29, 0.717) is 0 Å². The van der Waals surface area contributed by atoms with E-state index in [1.807, 2.05) is 0 Å². The third-order valence-corrected chi connectivity index (χ3v) is 0.101. The zero-order valence-electron chi connectivity index (χ0n) is 3.05. The number of carbonyl (C=O) groups is 1. The van der Waals surface area contributed by atoms with Crippen molar-refractivity contribution in [1.82, 2.24) is 0 Å². The summed E-state index contributed by atoms with van der Waals surface area (Å²) < 4.78 is 0. The van der Waals surface area contributed by atoms with Gasteiger partial charge in [0.25, 0.3) is 0 Å². The Hall–Kier alpha value is 0.490. The largest absolute Gasteiger partial charge is 0.524 e. The Bertz CT molecular complexity index is 46.1. The maximum absolute atomic E-state index is 9.02. The Morgan fingerprint density at radius 3 is 2.00 bits per heavy atom. The van der Waals surface area contributed by atoms with Crippen LogP contribution in [0.5, 0.6) is 0 Å². The first kappa shape index (κ1) is 9.70. The molecule has 0 rings (SSSR count). The first-order valence-electron chi connectivity index (χ1n) is 0.868. The normalized spacial score (nSPS) is 5.50. The molecule has 3 N–H and O–H groups in total. The van der Waals surface area contributed by atoms with Gasteiger partial charge in [-0.05, 0) is 0 Å². The van der Waals surface area contributed by atoms with Crippen molar-refractivity contribution in [3.05, 3.63) is 0 Å². The van der Waals surface area contributed by atoms with Crippen LogP contribution in [-0.2, 0) is 4.84 Å². The summed E-state index contributed by atoms with van der Waals surface area (Å²) in [5.41, 5.74) is 0. The zero-order chi connectivity index (χ0) is 4.28. The molecule has 0 atom stereocenters. The molecule has 5 heteroatoms. The second-order valence-electron chi connectivity index (χ2n) is 0.384. The van der Waals surface area contributed by atoms with E-state index in [1.165, 1.54) is 0 Å². The first-order valence-corrected chi connectivity index (χ1v) is 0.868. The molecule has 0 aromatic rings. The quantitative estimate of drug-likeness (QED) is 0.321. The van der Waals surface area contributed by atoms with Crippen molar-refractivity contribution in [2.24, 2.45) is 5.90 Å². The van der Waals surface area contributed by atoms with Gasteiger partial charge in [0.15, 0.2) is 0 Å². The van der Waals surface area contributed by atoms with Crippen molar-refractivity contribution in [1.29, 1.82) is 0 Å². The molecule has 0 aliphatic heterocycles. The van der Waals surface area contributed by atoms with Crippen LogP contribution in [0, 0.1) is 0 Å². The molecule has 0 aromatic carbocycles. The SMILES string of the molecule is NOC(=O)O.[Ca]. The summed E-state index contributed by atoms with van der Waals surface area (Å²) in [6.07, 6.45) is -1.47. The molecular weight excluding hydrogens is 114 g/mol. The van der Waals surface area contributed by atoms with Crippen LogP contribution in [0.1, 0.15) is 0 Å². The van der Waals surface area contributed by atoms with E-state index in [4.69, 9.17) is 9.90 Å². The van der Waals surface area contributed by atoms with Crippen LogP contribution >= 0.6 is 0 Å². The standard InChI is InChI=1S/CH3NO3.Ca/c2-5-1(3)4;/h2H2,(H,3,4);. The van der Waals surface area contributed by atoms with E-state index >= 15 is 0 Å². The second-order valence-corrected chi connectivity index (χ2v) is 0.384. The monoisotopic (exact) mass is 117 g/mol. The van der Waals surface area contributed by atoms with Crippen molar-refractivity contribution in [2.75, 3.05) is 0 Å². The van der Waals surface area contributed by atoms with Gasteiger partial charge < -0.3 is 9.94 Å². The Kier molecular flexibility index (Phi) is 8.88. The van der Waals surface area contributed by atoms with Gasteiger partial charge in [-0.1, -0.05) is 0 Å². The van der Waals surface area contributed by atoms with Crippen molar-refractivity contribution < 1.29 is 14.7 Å². The van der Waals surface area contributed by atoms with Crippen molar-refractivity contribution in [3.8, 4) is 0 Å². The van der Waals surface area contributed by atoms with Gasteiger partial charge in [0.1, 0.15) is 0 Å². The maximum Gasteiger partial charge on any atom is 0.524 e. The van der Waals surface area contributed by atoms with Crippen molar-refractivity contribution >= 4 is 43.9 Å². The topological polar surface area (TPSA) is 72.5 Å². The van der Waals surface area contributed by atoms with Gasteiger partial charge in [-0.15, -0.1) is 0 Å². The summed E-state index contributed by atoms with van der Waals surface area (Å²) in [6, 6.07) is 0. The molecule has 32 valence electrons. The third-order valence-electron chi connectivity index (χ3n) is 0.101. The Morgan fingerprint density at radius 1 is 1.83 bits per heavy atom. The minimum absolute atomic E-state index is 0. The van der Waals surface area contributed by atoms with Gasteiger partial charge in [0.2, 0.25) is 0 Å². The summed E-state index contributed by atoms with van der Waals surface area (Å²) in [6.45, 7) is 0. The van der Waals surface area contributed by atoms with E-state index in [2.05, 4.69) is 10.7 Å². The number of hydrogen-bond acceptors (Lipinski definition) is 3. The second kappa shape index (κ2) is 5.49. The number of nitrogens with two attached hydrogens (primary N) is 1. The predicted octanol–water partition coefficient (Wildman–Crippen LogP) is -0.826. The van der Waals surface area contributed by atoms with E-state index in [1.54, 1.807) is 0 Å². The maximum atomic E-state index is 9.02. The third kappa shape index (κ3) is 8.82. The summed E-state index contributed by atoms with van der Waals surface area (Å²) in [5.74, 6) is 4.07. The van der Waals surface area contributed by atoms with E-state index in [9.17, 15) is 0 Å². The fourth-order valence-corrected chi connectivity index (χ4v) is 0. The van der Waals surface area contributed by atoms with Crippen LogP contribution in [-0.4, -0.2) is 49.0 Å². The first-order chi connectivity index (χ1) is 2.27. The predicted molar refractivity (Wildman–Crippen MR) is 19.1 cm³/mol. The van der Waals surface area contributed by atoms with Gasteiger partial charge in [-0.3, -0.25) is 0 Å². The molecule has 6 heavy (non-hydrogen) atoms. The molecule has 0 fully saturated rings. The Morgan fingerprint density at radius 2 is 2.00 bits per heavy atom. The van der Waals surface area contributed by atoms with Gasteiger partial charge >= 0.3 is 6.16 Å². The number of hydrogen-bond donors (Lipinski definition) is 2. The van der Waals surface area contributed by atoms with Crippen LogP contribution in [0.25, 0.3) is 0 Å². The van der Waals surface area contributed by atoms with E-state index < -0.39 is 6.16 Å². The van der Waals surface area contributed by atoms with E-state index in [-0.39, 0.29) is 37.7 Å². The van der Waals surface area contributed by atoms with Crippen LogP contribution in [0.2, 0.25) is 0 Å². The summed E-state index contributed by atoms with van der Waals surface area (Å²) in [5, 5.41) is 7.38. The van der Waals surface area contributed by atoms with E-state index in [0.717, 1.165) is 0 Å². The van der Waals surface area contributed by atoms with Gasteiger partial charge in [0.05, 0.1) is 0 Å². The molecule has 0 aliphatic rings. The molecule has 2 radical (unpaired) electrons. The average Bonchev–Trinajstić information content (AvgIpc) is 1.38. The van der Waals surface area contributed by atoms with Crippen LogP contribution in [0.4, 0.5) is 4.79 Å². The van der Waals surface area contributed by atoms with Gasteiger partial charge in [0, 0.05) is 37.7 Å².